The minimum atomic E-state index is -1.01. The molecule has 6 heteroatoms. The molecular formula is C14H15NO5. The highest BCUT2D eigenvalue weighted by Gasteiger charge is 2.24. The number of hydrogen-bond acceptors (Lipinski definition) is 4. The molecule has 1 aliphatic heterocycles. The zero-order valence-corrected chi connectivity index (χ0v) is 11.3. The monoisotopic (exact) mass is 277 g/mol. The number of Topliss-reactive ketones (excluding diaryl/α,β-unsaturated/α-hetero) is 1. The summed E-state index contributed by atoms with van der Waals surface area (Å²) in [6.07, 6.45) is -0.0808. The molecule has 1 aromatic rings. The molecule has 0 aromatic heterocycles. The van der Waals surface area contributed by atoms with E-state index < -0.39 is 5.97 Å². The van der Waals surface area contributed by atoms with Crippen LogP contribution in [-0.2, 0) is 16.0 Å². The third-order valence-corrected chi connectivity index (χ3v) is 3.20. The first-order valence-electron chi connectivity index (χ1n) is 6.21. The molecule has 0 unspecified atom stereocenters. The number of carboxylic acid groups (broad SMARTS) is 1. The molecule has 1 heterocycles. The van der Waals surface area contributed by atoms with Gasteiger partial charge < -0.3 is 9.94 Å². The molecule has 1 aliphatic rings. The average Bonchev–Trinajstić information content (AvgIpc) is 2.37. The van der Waals surface area contributed by atoms with Crippen LogP contribution in [0.1, 0.15) is 34.3 Å². The fraction of sp³-hybridized carbons (Fsp3) is 0.357. The van der Waals surface area contributed by atoms with E-state index in [1.165, 1.54) is 7.05 Å². The van der Waals surface area contributed by atoms with Crippen molar-refractivity contribution >= 4 is 17.7 Å². The zero-order valence-electron chi connectivity index (χ0n) is 11.3. The van der Waals surface area contributed by atoms with Crippen LogP contribution in [-0.4, -0.2) is 34.9 Å². The van der Waals surface area contributed by atoms with Crippen molar-refractivity contribution in [2.45, 2.75) is 26.2 Å². The predicted octanol–water partition coefficient (Wildman–Crippen LogP) is 1.35. The molecule has 2 rings (SSSR count). The van der Waals surface area contributed by atoms with Gasteiger partial charge in [0.05, 0.1) is 12.8 Å². The predicted molar refractivity (Wildman–Crippen MR) is 69.5 cm³/mol. The molecule has 0 atom stereocenters. The van der Waals surface area contributed by atoms with E-state index in [0.717, 1.165) is 5.06 Å². The number of benzene rings is 1. The van der Waals surface area contributed by atoms with Crippen LogP contribution in [0, 0.1) is 6.92 Å². The summed E-state index contributed by atoms with van der Waals surface area (Å²) in [5, 5.41) is 9.77. The van der Waals surface area contributed by atoms with Gasteiger partial charge in [0.2, 0.25) is 0 Å². The molecule has 0 radical (unpaired) electrons. The maximum atomic E-state index is 12.0. The Kier molecular flexibility index (Phi) is 3.74. The number of aliphatic carboxylic acids is 1. The minimum Gasteiger partial charge on any atom is -0.481 e. The number of hydroxylamine groups is 2. The van der Waals surface area contributed by atoms with Gasteiger partial charge in [0.25, 0.3) is 5.91 Å². The van der Waals surface area contributed by atoms with E-state index in [1.54, 1.807) is 19.1 Å². The smallest absolute Gasteiger partial charge is 0.303 e. The maximum absolute atomic E-state index is 12.0. The molecule has 0 bridgehead atoms. The molecule has 20 heavy (non-hydrogen) atoms. The van der Waals surface area contributed by atoms with Crippen LogP contribution in [0.4, 0.5) is 0 Å². The van der Waals surface area contributed by atoms with Crippen molar-refractivity contribution in [1.82, 2.24) is 5.06 Å². The number of carboxylic acids is 1. The second-order valence-electron chi connectivity index (χ2n) is 4.75. The van der Waals surface area contributed by atoms with E-state index in [2.05, 4.69) is 0 Å². The van der Waals surface area contributed by atoms with Gasteiger partial charge in [-0.1, -0.05) is 0 Å². The molecule has 0 fully saturated rings. The first kappa shape index (κ1) is 14.0. The summed E-state index contributed by atoms with van der Waals surface area (Å²) in [5.41, 5.74) is 1.81. The number of rotatable bonds is 4. The topological polar surface area (TPSA) is 83.9 Å². The van der Waals surface area contributed by atoms with Crippen molar-refractivity contribution in [2.24, 2.45) is 0 Å². The van der Waals surface area contributed by atoms with E-state index >= 15 is 0 Å². The number of ketones is 1. The molecule has 0 spiro atoms. The highest BCUT2D eigenvalue weighted by atomic mass is 16.7. The second-order valence-corrected chi connectivity index (χ2v) is 4.75. The summed E-state index contributed by atoms with van der Waals surface area (Å²) in [6.45, 7) is 1.76. The Morgan fingerprint density at radius 3 is 2.70 bits per heavy atom. The number of aryl methyl sites for hydroxylation is 1. The average molecular weight is 277 g/mol. The van der Waals surface area contributed by atoms with Crippen LogP contribution in [0.3, 0.4) is 0 Å². The Labute approximate surface area is 115 Å². The Morgan fingerprint density at radius 2 is 2.05 bits per heavy atom. The Morgan fingerprint density at radius 1 is 1.35 bits per heavy atom. The number of nitrogens with zero attached hydrogens (tertiary/aromatic N) is 1. The second kappa shape index (κ2) is 5.32. The largest absolute Gasteiger partial charge is 0.481 e. The van der Waals surface area contributed by atoms with Crippen LogP contribution in [0.15, 0.2) is 12.1 Å². The fourth-order valence-electron chi connectivity index (χ4n) is 2.08. The third kappa shape index (κ3) is 2.79. The van der Waals surface area contributed by atoms with Crippen molar-refractivity contribution < 1.29 is 24.3 Å². The number of fused-ring (bicyclic) bond motifs is 1. The summed E-state index contributed by atoms with van der Waals surface area (Å²) in [5.74, 6) is -0.877. The van der Waals surface area contributed by atoms with Gasteiger partial charge in [0.15, 0.2) is 11.5 Å². The van der Waals surface area contributed by atoms with Crippen molar-refractivity contribution in [1.29, 1.82) is 0 Å². The number of amides is 1. The number of likely N-dealkylation sites (N-methyl/N-ethyl adjacent to an activating group) is 1. The van der Waals surface area contributed by atoms with Crippen LogP contribution < -0.4 is 4.84 Å². The van der Waals surface area contributed by atoms with Gasteiger partial charge in [-0.05, 0) is 24.6 Å². The lowest BCUT2D eigenvalue weighted by atomic mass is 9.96. The lowest BCUT2D eigenvalue weighted by Gasteiger charge is -2.25. The van der Waals surface area contributed by atoms with Gasteiger partial charge in [0.1, 0.15) is 0 Å². The van der Waals surface area contributed by atoms with Crippen LogP contribution >= 0.6 is 0 Å². The van der Waals surface area contributed by atoms with Crippen molar-refractivity contribution in [3.8, 4) is 5.75 Å². The molecule has 0 saturated heterocycles. The summed E-state index contributed by atoms with van der Waals surface area (Å²) in [6, 6.07) is 3.33. The molecule has 1 amide bonds. The van der Waals surface area contributed by atoms with Gasteiger partial charge >= 0.3 is 5.97 Å². The van der Waals surface area contributed by atoms with Crippen LogP contribution in [0.2, 0.25) is 0 Å². The van der Waals surface area contributed by atoms with Crippen molar-refractivity contribution in [3.05, 3.63) is 28.8 Å². The van der Waals surface area contributed by atoms with E-state index in [-0.39, 0.29) is 31.0 Å². The number of hydrogen-bond donors (Lipinski definition) is 1. The van der Waals surface area contributed by atoms with E-state index in [4.69, 9.17) is 9.94 Å². The molecule has 6 nitrogen and oxygen atoms in total. The lowest BCUT2D eigenvalue weighted by molar-refractivity contribution is -0.154. The van der Waals surface area contributed by atoms with Gasteiger partial charge in [0, 0.05) is 24.6 Å². The Bertz CT molecular complexity index is 593. The van der Waals surface area contributed by atoms with Crippen molar-refractivity contribution in [2.75, 3.05) is 7.05 Å². The molecule has 1 aromatic carbocycles. The summed E-state index contributed by atoms with van der Waals surface area (Å²) >= 11 is 0. The Balaban J connectivity index is 2.28. The Hall–Kier alpha value is -2.37. The number of carbonyl (C=O) groups excluding carboxylic acids is 2. The normalized spacial score (nSPS) is 13.7. The van der Waals surface area contributed by atoms with Gasteiger partial charge in [-0.2, -0.15) is 5.06 Å². The summed E-state index contributed by atoms with van der Waals surface area (Å²) < 4.78 is 0. The highest BCUT2D eigenvalue weighted by Crippen LogP contribution is 2.29. The standard InChI is InChI=1S/C14H15NO5/c1-8-5-12-9(7-13(17)15(2)20-12)6-10(8)11(16)3-4-14(18)19/h5-6H,3-4,7H2,1-2H3,(H,18,19). The zero-order chi connectivity index (χ0) is 14.9. The lowest BCUT2D eigenvalue weighted by Crippen LogP contribution is -2.35. The molecular weight excluding hydrogens is 262 g/mol. The van der Waals surface area contributed by atoms with E-state index in [9.17, 15) is 14.4 Å². The van der Waals surface area contributed by atoms with Crippen molar-refractivity contribution in [3.63, 3.8) is 0 Å². The van der Waals surface area contributed by atoms with Gasteiger partial charge in [-0.15, -0.1) is 0 Å². The molecule has 0 aliphatic carbocycles. The highest BCUT2D eigenvalue weighted by molar-refractivity contribution is 5.99. The fourth-order valence-corrected chi connectivity index (χ4v) is 2.08. The first-order valence-corrected chi connectivity index (χ1v) is 6.21. The molecule has 106 valence electrons. The SMILES string of the molecule is Cc1cc2c(cc1C(=O)CCC(=O)O)CC(=O)N(C)O2. The maximum Gasteiger partial charge on any atom is 0.303 e. The van der Waals surface area contributed by atoms with E-state index in [1.807, 2.05) is 0 Å². The van der Waals surface area contributed by atoms with Gasteiger partial charge in [-0.25, -0.2) is 0 Å². The first-order chi connectivity index (χ1) is 9.38. The third-order valence-electron chi connectivity index (χ3n) is 3.20. The minimum absolute atomic E-state index is 0.0519. The summed E-state index contributed by atoms with van der Waals surface area (Å²) in [7, 11) is 1.53. The molecule has 0 saturated carbocycles. The van der Waals surface area contributed by atoms with E-state index in [0.29, 0.717) is 22.4 Å². The number of carbonyl (C=O) groups is 3. The summed E-state index contributed by atoms with van der Waals surface area (Å²) in [4.78, 5) is 39.4. The van der Waals surface area contributed by atoms with Crippen LogP contribution in [0.25, 0.3) is 0 Å². The van der Waals surface area contributed by atoms with Gasteiger partial charge in [-0.3, -0.25) is 14.4 Å². The molecule has 1 N–H and O–H groups in total. The van der Waals surface area contributed by atoms with Crippen LogP contribution in [0.5, 0.6) is 5.75 Å². The quantitative estimate of drug-likeness (QED) is 0.840.